The summed E-state index contributed by atoms with van der Waals surface area (Å²) in [6, 6.07) is -3.70. The van der Waals surface area contributed by atoms with E-state index in [9.17, 15) is 24.3 Å². The maximum absolute atomic E-state index is 12.0. The second kappa shape index (κ2) is 9.18. The summed E-state index contributed by atoms with van der Waals surface area (Å²) in [5, 5.41) is 27.9. The third-order valence-corrected chi connectivity index (χ3v) is 3.67. The van der Waals surface area contributed by atoms with E-state index in [1.54, 1.807) is 0 Å². The van der Waals surface area contributed by atoms with Gasteiger partial charge in [-0.2, -0.15) is 0 Å². The van der Waals surface area contributed by atoms with Gasteiger partial charge in [-0.25, -0.2) is 0 Å². The summed E-state index contributed by atoms with van der Waals surface area (Å²) in [7, 11) is 0. The summed E-state index contributed by atoms with van der Waals surface area (Å²) in [6.07, 6.45) is 1.57. The van der Waals surface area contributed by atoms with Gasteiger partial charge in [0.15, 0.2) is 0 Å². The molecule has 4 atom stereocenters. The van der Waals surface area contributed by atoms with Crippen molar-refractivity contribution in [2.45, 2.75) is 50.9 Å². The Morgan fingerprint density at radius 3 is 2.25 bits per heavy atom. The van der Waals surface area contributed by atoms with Gasteiger partial charge in [-0.05, 0) is 33.2 Å². The standard InChI is InChI=1S/C14H24N4O6/c1-7(16-12(21)9-4-3-5-15-9)11(20)18-10(6-19)13(22)17-8(2)14(23)24/h7-10,15,19H,3-6H2,1-2H3,(H,16,21)(H,17,22)(H,18,20)(H,23,24). The summed E-state index contributed by atoms with van der Waals surface area (Å²) in [5.41, 5.74) is 0. The Morgan fingerprint density at radius 2 is 1.75 bits per heavy atom. The molecule has 0 spiro atoms. The van der Waals surface area contributed by atoms with Gasteiger partial charge in [0, 0.05) is 0 Å². The molecule has 1 aliphatic rings. The molecule has 1 rings (SSSR count). The minimum absolute atomic E-state index is 0.306. The van der Waals surface area contributed by atoms with Crippen molar-refractivity contribution >= 4 is 23.7 Å². The first-order chi connectivity index (χ1) is 11.3. The topological polar surface area (TPSA) is 157 Å². The number of aliphatic hydroxyl groups excluding tert-OH is 1. The van der Waals surface area contributed by atoms with Gasteiger partial charge in [-0.3, -0.25) is 19.2 Å². The van der Waals surface area contributed by atoms with Crippen molar-refractivity contribution in [3.05, 3.63) is 0 Å². The Morgan fingerprint density at radius 1 is 1.08 bits per heavy atom. The molecule has 0 aliphatic carbocycles. The van der Waals surface area contributed by atoms with E-state index in [0.717, 1.165) is 13.0 Å². The van der Waals surface area contributed by atoms with Crippen LogP contribution >= 0.6 is 0 Å². The van der Waals surface area contributed by atoms with Gasteiger partial charge < -0.3 is 31.5 Å². The number of nitrogens with one attached hydrogen (secondary N) is 4. The van der Waals surface area contributed by atoms with Crippen LogP contribution in [-0.2, 0) is 19.2 Å². The van der Waals surface area contributed by atoms with Gasteiger partial charge in [0.25, 0.3) is 0 Å². The first-order valence-electron chi connectivity index (χ1n) is 7.74. The van der Waals surface area contributed by atoms with Gasteiger partial charge in [-0.1, -0.05) is 0 Å². The molecule has 136 valence electrons. The molecular formula is C14H24N4O6. The minimum Gasteiger partial charge on any atom is -0.480 e. The molecule has 1 heterocycles. The smallest absolute Gasteiger partial charge is 0.325 e. The second-order valence-corrected chi connectivity index (χ2v) is 5.69. The lowest BCUT2D eigenvalue weighted by Gasteiger charge is -2.21. The molecule has 0 aromatic rings. The highest BCUT2D eigenvalue weighted by atomic mass is 16.4. The predicted molar refractivity (Wildman–Crippen MR) is 82.9 cm³/mol. The van der Waals surface area contributed by atoms with Crippen molar-refractivity contribution in [3.8, 4) is 0 Å². The molecule has 0 radical (unpaired) electrons. The molecule has 3 amide bonds. The van der Waals surface area contributed by atoms with Crippen LogP contribution in [-0.4, -0.2) is 71.2 Å². The van der Waals surface area contributed by atoms with Crippen molar-refractivity contribution in [2.75, 3.05) is 13.2 Å². The fourth-order valence-corrected chi connectivity index (χ4v) is 2.15. The average molecular weight is 344 g/mol. The highest BCUT2D eigenvalue weighted by Crippen LogP contribution is 2.05. The quantitative estimate of drug-likeness (QED) is 0.280. The van der Waals surface area contributed by atoms with Crippen molar-refractivity contribution in [1.82, 2.24) is 21.3 Å². The van der Waals surface area contributed by atoms with Crippen molar-refractivity contribution < 1.29 is 29.4 Å². The van der Waals surface area contributed by atoms with Crippen LogP contribution in [0.2, 0.25) is 0 Å². The van der Waals surface area contributed by atoms with Crippen molar-refractivity contribution in [1.29, 1.82) is 0 Å². The number of carboxylic acids is 1. The summed E-state index contributed by atoms with van der Waals surface area (Å²) >= 11 is 0. The van der Waals surface area contributed by atoms with Gasteiger partial charge in [-0.15, -0.1) is 0 Å². The number of amides is 3. The summed E-state index contributed by atoms with van der Waals surface area (Å²) in [5.74, 6) is -3.02. The van der Waals surface area contributed by atoms with Crippen LogP contribution in [0.25, 0.3) is 0 Å². The maximum atomic E-state index is 12.0. The number of rotatable bonds is 8. The highest BCUT2D eigenvalue weighted by molar-refractivity contribution is 5.93. The van der Waals surface area contributed by atoms with Crippen LogP contribution < -0.4 is 21.3 Å². The van der Waals surface area contributed by atoms with E-state index >= 15 is 0 Å². The van der Waals surface area contributed by atoms with Gasteiger partial charge in [0.1, 0.15) is 18.1 Å². The summed E-state index contributed by atoms with van der Waals surface area (Å²) < 4.78 is 0. The van der Waals surface area contributed by atoms with Crippen LogP contribution in [0.15, 0.2) is 0 Å². The Balaban J connectivity index is 2.51. The van der Waals surface area contributed by atoms with E-state index in [-0.39, 0.29) is 11.9 Å². The molecular weight excluding hydrogens is 320 g/mol. The number of aliphatic carboxylic acids is 1. The number of hydrogen-bond acceptors (Lipinski definition) is 6. The molecule has 1 aliphatic heterocycles. The van der Waals surface area contributed by atoms with E-state index in [1.165, 1.54) is 13.8 Å². The molecule has 6 N–H and O–H groups in total. The van der Waals surface area contributed by atoms with Gasteiger partial charge in [0.05, 0.1) is 12.6 Å². The Labute approximate surface area is 139 Å². The maximum Gasteiger partial charge on any atom is 0.325 e. The Bertz CT molecular complexity index is 492. The zero-order chi connectivity index (χ0) is 18.3. The van der Waals surface area contributed by atoms with Gasteiger partial charge >= 0.3 is 5.97 Å². The lowest BCUT2D eigenvalue weighted by Crippen LogP contribution is -2.57. The van der Waals surface area contributed by atoms with Crippen molar-refractivity contribution in [3.63, 3.8) is 0 Å². The molecule has 10 nitrogen and oxygen atoms in total. The van der Waals surface area contributed by atoms with E-state index in [4.69, 9.17) is 5.11 Å². The molecule has 0 bridgehead atoms. The minimum atomic E-state index is -1.30. The number of hydrogen-bond donors (Lipinski definition) is 6. The fraction of sp³-hybridized carbons (Fsp3) is 0.714. The SMILES string of the molecule is CC(NC(=O)C(CO)NC(=O)C(C)NC(=O)C1CCCN1)C(=O)O. The molecule has 24 heavy (non-hydrogen) atoms. The Kier molecular flexibility index (Phi) is 7.59. The monoisotopic (exact) mass is 344 g/mol. The molecule has 0 aromatic heterocycles. The van der Waals surface area contributed by atoms with Crippen LogP contribution in [0, 0.1) is 0 Å². The molecule has 0 saturated carbocycles. The zero-order valence-electron chi connectivity index (χ0n) is 13.7. The van der Waals surface area contributed by atoms with E-state index in [0.29, 0.717) is 6.42 Å². The zero-order valence-corrected chi connectivity index (χ0v) is 13.7. The second-order valence-electron chi connectivity index (χ2n) is 5.69. The summed E-state index contributed by atoms with van der Waals surface area (Å²) in [6.45, 7) is 2.75. The first kappa shape index (κ1) is 19.8. The number of carboxylic acid groups (broad SMARTS) is 1. The third kappa shape index (κ3) is 5.78. The number of carbonyl (C=O) groups excluding carboxylic acids is 3. The van der Waals surface area contributed by atoms with Gasteiger partial charge in [0.2, 0.25) is 17.7 Å². The highest BCUT2D eigenvalue weighted by Gasteiger charge is 2.28. The molecule has 0 aromatic carbocycles. The Hall–Kier alpha value is -2.20. The lowest BCUT2D eigenvalue weighted by atomic mass is 10.2. The molecule has 10 heteroatoms. The fourth-order valence-electron chi connectivity index (χ4n) is 2.15. The van der Waals surface area contributed by atoms with Crippen LogP contribution in [0.1, 0.15) is 26.7 Å². The average Bonchev–Trinajstić information content (AvgIpc) is 3.06. The first-order valence-corrected chi connectivity index (χ1v) is 7.74. The molecule has 4 unspecified atom stereocenters. The van der Waals surface area contributed by atoms with Crippen molar-refractivity contribution in [2.24, 2.45) is 0 Å². The van der Waals surface area contributed by atoms with E-state index in [1.807, 2.05) is 0 Å². The largest absolute Gasteiger partial charge is 0.480 e. The van der Waals surface area contributed by atoms with E-state index < -0.39 is 42.5 Å². The van der Waals surface area contributed by atoms with Crippen LogP contribution in [0.4, 0.5) is 0 Å². The van der Waals surface area contributed by atoms with Crippen LogP contribution in [0.5, 0.6) is 0 Å². The number of aliphatic hydroxyl groups is 1. The third-order valence-electron chi connectivity index (χ3n) is 3.67. The summed E-state index contributed by atoms with van der Waals surface area (Å²) in [4.78, 5) is 46.5. The number of carbonyl (C=O) groups is 4. The molecule has 1 fully saturated rings. The van der Waals surface area contributed by atoms with E-state index in [2.05, 4.69) is 21.3 Å². The normalized spacial score (nSPS) is 20.5. The lowest BCUT2D eigenvalue weighted by molar-refractivity contribution is -0.142. The van der Waals surface area contributed by atoms with Crippen LogP contribution in [0.3, 0.4) is 0 Å². The molecule has 1 saturated heterocycles. The predicted octanol–water partition coefficient (Wildman–Crippen LogP) is -2.69.